The van der Waals surface area contributed by atoms with Gasteiger partial charge in [-0.3, -0.25) is 0 Å². The van der Waals surface area contributed by atoms with E-state index in [9.17, 15) is 0 Å². The van der Waals surface area contributed by atoms with Crippen LogP contribution in [-0.4, -0.2) is 0 Å². The second-order valence-electron chi connectivity index (χ2n) is 3.72. The molecule has 18 heavy (non-hydrogen) atoms. The van der Waals surface area contributed by atoms with Gasteiger partial charge >= 0.3 is 0 Å². The first-order valence-corrected chi connectivity index (χ1v) is 6.01. The predicted molar refractivity (Wildman–Crippen MR) is 74.7 cm³/mol. The van der Waals surface area contributed by atoms with E-state index in [1.54, 1.807) is 6.07 Å². The average Bonchev–Trinajstić information content (AvgIpc) is 2.36. The first-order valence-electron chi connectivity index (χ1n) is 5.26. The van der Waals surface area contributed by atoms with E-state index in [0.717, 1.165) is 16.7 Å². The van der Waals surface area contributed by atoms with Crippen molar-refractivity contribution in [3.8, 4) is 11.1 Å². The van der Waals surface area contributed by atoms with Crippen molar-refractivity contribution in [2.75, 3.05) is 0 Å². The highest BCUT2D eigenvalue weighted by Gasteiger charge is 2.05. The molecule has 0 aliphatic rings. The molecule has 0 aliphatic carbocycles. The Kier molecular flexibility index (Phi) is 4.11. The van der Waals surface area contributed by atoms with E-state index in [1.807, 2.05) is 36.4 Å². The minimum Gasteiger partial charge on any atom is -0.0893 e. The fourth-order valence-electron chi connectivity index (χ4n) is 1.71. The topological polar surface area (TPSA) is 48.8 Å². The SMILES string of the molecule is [N-]=[N+]=NCc1cc(Cl)cc(-c2ccccc2Cl)c1. The molecule has 0 spiro atoms. The molecule has 0 N–H and O–H groups in total. The Bertz CT molecular complexity index is 619. The number of hydrogen-bond donors (Lipinski definition) is 0. The molecule has 2 rings (SSSR count). The Morgan fingerprint density at radius 1 is 1.11 bits per heavy atom. The lowest BCUT2D eigenvalue weighted by Gasteiger charge is -2.07. The lowest BCUT2D eigenvalue weighted by Crippen LogP contribution is -1.85. The highest BCUT2D eigenvalue weighted by molar-refractivity contribution is 6.33. The Hall–Kier alpha value is -1.67. The minimum absolute atomic E-state index is 0.272. The van der Waals surface area contributed by atoms with Crippen molar-refractivity contribution in [1.82, 2.24) is 0 Å². The summed E-state index contributed by atoms with van der Waals surface area (Å²) in [4.78, 5) is 2.74. The first-order chi connectivity index (χ1) is 8.70. The van der Waals surface area contributed by atoms with Gasteiger partial charge in [0.05, 0.1) is 6.54 Å². The molecule has 0 saturated heterocycles. The number of nitrogens with zero attached hydrogens (tertiary/aromatic N) is 3. The molecule has 0 unspecified atom stereocenters. The van der Waals surface area contributed by atoms with Gasteiger partial charge in [-0.1, -0.05) is 52.6 Å². The quantitative estimate of drug-likeness (QED) is 0.406. The smallest absolute Gasteiger partial charge is 0.0511 e. The summed E-state index contributed by atoms with van der Waals surface area (Å²) in [6.45, 7) is 0.272. The zero-order chi connectivity index (χ0) is 13.0. The summed E-state index contributed by atoms with van der Waals surface area (Å²) in [6.07, 6.45) is 0. The van der Waals surface area contributed by atoms with E-state index in [4.69, 9.17) is 28.7 Å². The highest BCUT2D eigenvalue weighted by atomic mass is 35.5. The van der Waals surface area contributed by atoms with Crippen molar-refractivity contribution >= 4 is 23.2 Å². The van der Waals surface area contributed by atoms with Gasteiger partial charge in [0.25, 0.3) is 0 Å². The largest absolute Gasteiger partial charge is 0.0893 e. The van der Waals surface area contributed by atoms with Gasteiger partial charge in [0.2, 0.25) is 0 Å². The van der Waals surface area contributed by atoms with Gasteiger partial charge in [-0.2, -0.15) is 0 Å². The van der Waals surface area contributed by atoms with Crippen molar-refractivity contribution in [3.05, 3.63) is 68.5 Å². The predicted octanol–water partition coefficient (Wildman–Crippen LogP) is 5.47. The van der Waals surface area contributed by atoms with Crippen molar-refractivity contribution in [3.63, 3.8) is 0 Å². The van der Waals surface area contributed by atoms with Crippen LogP contribution in [0.3, 0.4) is 0 Å². The fourth-order valence-corrected chi connectivity index (χ4v) is 2.21. The maximum absolute atomic E-state index is 8.33. The molecule has 0 atom stereocenters. The van der Waals surface area contributed by atoms with Gasteiger partial charge in [0.15, 0.2) is 0 Å². The Balaban J connectivity index is 2.48. The second-order valence-corrected chi connectivity index (χ2v) is 4.56. The average molecular weight is 278 g/mol. The third-order valence-corrected chi connectivity index (χ3v) is 3.01. The van der Waals surface area contributed by atoms with Crippen LogP contribution in [0, 0.1) is 0 Å². The van der Waals surface area contributed by atoms with Crippen molar-refractivity contribution in [2.45, 2.75) is 6.54 Å². The van der Waals surface area contributed by atoms with Gasteiger partial charge in [-0.05, 0) is 34.9 Å². The number of azide groups is 1. The molecule has 0 radical (unpaired) electrons. The van der Waals surface area contributed by atoms with Crippen LogP contribution >= 0.6 is 23.2 Å². The van der Waals surface area contributed by atoms with Crippen LogP contribution in [0.15, 0.2) is 47.6 Å². The van der Waals surface area contributed by atoms with Crippen LogP contribution in [-0.2, 0) is 6.54 Å². The molecule has 0 amide bonds. The summed E-state index contributed by atoms with van der Waals surface area (Å²) in [5.41, 5.74) is 11.0. The lowest BCUT2D eigenvalue weighted by atomic mass is 10.0. The van der Waals surface area contributed by atoms with E-state index >= 15 is 0 Å². The normalized spacial score (nSPS) is 9.89. The van der Waals surface area contributed by atoms with Gasteiger partial charge in [-0.15, -0.1) is 0 Å². The molecule has 0 heterocycles. The maximum Gasteiger partial charge on any atom is 0.0511 e. The minimum atomic E-state index is 0.272. The summed E-state index contributed by atoms with van der Waals surface area (Å²) < 4.78 is 0. The Morgan fingerprint density at radius 3 is 2.61 bits per heavy atom. The Labute approximate surface area is 115 Å². The van der Waals surface area contributed by atoms with Gasteiger partial charge in [0, 0.05) is 20.5 Å². The molecule has 0 aromatic heterocycles. The standard InChI is InChI=1S/C13H9Cl2N3/c14-11-6-9(8-17-18-16)5-10(7-11)12-3-1-2-4-13(12)15/h1-7H,8H2. The summed E-state index contributed by atoms with van der Waals surface area (Å²) in [7, 11) is 0. The molecular formula is C13H9Cl2N3. The number of benzene rings is 2. The molecule has 0 aliphatic heterocycles. The van der Waals surface area contributed by atoms with Crippen LogP contribution in [0.4, 0.5) is 0 Å². The van der Waals surface area contributed by atoms with Crippen LogP contribution < -0.4 is 0 Å². The lowest BCUT2D eigenvalue weighted by molar-refractivity contribution is 1.05. The van der Waals surface area contributed by atoms with Crippen LogP contribution in [0.2, 0.25) is 10.0 Å². The molecule has 5 heteroatoms. The van der Waals surface area contributed by atoms with E-state index in [-0.39, 0.29) is 6.54 Å². The molecule has 2 aromatic carbocycles. The summed E-state index contributed by atoms with van der Waals surface area (Å²) >= 11 is 12.2. The fraction of sp³-hybridized carbons (Fsp3) is 0.0769. The highest BCUT2D eigenvalue weighted by Crippen LogP contribution is 2.30. The molecule has 3 nitrogen and oxygen atoms in total. The first kappa shape index (κ1) is 12.8. The molecule has 0 saturated carbocycles. The van der Waals surface area contributed by atoms with Crippen LogP contribution in [0.25, 0.3) is 21.6 Å². The van der Waals surface area contributed by atoms with Crippen LogP contribution in [0.1, 0.15) is 5.56 Å². The van der Waals surface area contributed by atoms with E-state index in [2.05, 4.69) is 10.0 Å². The summed E-state index contributed by atoms with van der Waals surface area (Å²) in [5, 5.41) is 4.78. The zero-order valence-electron chi connectivity index (χ0n) is 9.35. The molecular weight excluding hydrogens is 269 g/mol. The monoisotopic (exact) mass is 277 g/mol. The van der Waals surface area contributed by atoms with E-state index in [1.165, 1.54) is 0 Å². The van der Waals surface area contributed by atoms with E-state index < -0.39 is 0 Å². The van der Waals surface area contributed by atoms with Crippen molar-refractivity contribution in [2.24, 2.45) is 5.11 Å². The zero-order valence-corrected chi connectivity index (χ0v) is 10.9. The molecule has 0 bridgehead atoms. The van der Waals surface area contributed by atoms with Gasteiger partial charge < -0.3 is 0 Å². The summed E-state index contributed by atoms with van der Waals surface area (Å²) in [6, 6.07) is 13.1. The molecule has 0 fully saturated rings. The third-order valence-electron chi connectivity index (χ3n) is 2.46. The second kappa shape index (κ2) is 5.78. The number of rotatable bonds is 3. The van der Waals surface area contributed by atoms with Crippen molar-refractivity contribution in [1.29, 1.82) is 0 Å². The third kappa shape index (κ3) is 2.96. The molecule has 90 valence electrons. The van der Waals surface area contributed by atoms with Gasteiger partial charge in [-0.25, -0.2) is 0 Å². The summed E-state index contributed by atoms with van der Waals surface area (Å²) in [5.74, 6) is 0. The molecule has 2 aromatic rings. The van der Waals surface area contributed by atoms with Crippen LogP contribution in [0.5, 0.6) is 0 Å². The number of hydrogen-bond acceptors (Lipinski definition) is 1. The van der Waals surface area contributed by atoms with Crippen molar-refractivity contribution < 1.29 is 0 Å². The Morgan fingerprint density at radius 2 is 1.89 bits per heavy atom. The number of halogens is 2. The maximum atomic E-state index is 8.33. The van der Waals surface area contributed by atoms with E-state index in [0.29, 0.717) is 10.0 Å². The van der Waals surface area contributed by atoms with Gasteiger partial charge in [0.1, 0.15) is 0 Å².